The van der Waals surface area contributed by atoms with E-state index in [-0.39, 0.29) is 5.91 Å². The molecule has 0 atom stereocenters. The Morgan fingerprint density at radius 1 is 1.07 bits per heavy atom. The number of aromatic nitrogens is 2. The van der Waals surface area contributed by atoms with Crippen molar-refractivity contribution in [3.8, 4) is 0 Å². The Morgan fingerprint density at radius 3 is 2.52 bits per heavy atom. The number of fused-ring (bicyclic) bond motifs is 1. The van der Waals surface area contributed by atoms with E-state index in [0.717, 1.165) is 62.4 Å². The summed E-state index contributed by atoms with van der Waals surface area (Å²) in [6.07, 6.45) is 10.4. The lowest BCUT2D eigenvalue weighted by Crippen LogP contribution is -2.39. The van der Waals surface area contributed by atoms with Crippen molar-refractivity contribution in [3.63, 3.8) is 0 Å². The number of carbonyl (C=O) groups is 2. The summed E-state index contributed by atoms with van der Waals surface area (Å²) in [6.45, 7) is 4.64. The average molecular weight is 370 g/mol. The molecule has 6 heteroatoms. The molecular formula is C21H30N4O2. The summed E-state index contributed by atoms with van der Waals surface area (Å²) in [6, 6.07) is 0. The Morgan fingerprint density at radius 2 is 1.81 bits per heavy atom. The fraction of sp³-hybridized carbons (Fsp3) is 0.714. The van der Waals surface area contributed by atoms with Crippen molar-refractivity contribution in [2.75, 3.05) is 19.6 Å². The van der Waals surface area contributed by atoms with Crippen LogP contribution in [-0.4, -0.2) is 51.2 Å². The van der Waals surface area contributed by atoms with Crippen LogP contribution in [0.25, 0.3) is 0 Å². The smallest absolute Gasteiger partial charge is 0.222 e. The Kier molecular flexibility index (Phi) is 5.41. The van der Waals surface area contributed by atoms with E-state index in [1.165, 1.54) is 25.7 Å². The molecule has 146 valence electrons. The van der Waals surface area contributed by atoms with Crippen molar-refractivity contribution in [1.29, 1.82) is 0 Å². The maximum atomic E-state index is 12.5. The molecule has 0 spiro atoms. The van der Waals surface area contributed by atoms with E-state index in [9.17, 15) is 9.59 Å². The minimum Gasteiger partial charge on any atom is -0.343 e. The molecule has 0 unspecified atom stereocenters. The van der Waals surface area contributed by atoms with Gasteiger partial charge in [-0.05, 0) is 31.6 Å². The predicted octanol–water partition coefficient (Wildman–Crippen LogP) is 2.67. The summed E-state index contributed by atoms with van der Waals surface area (Å²) in [5, 5.41) is 0. The maximum Gasteiger partial charge on any atom is 0.222 e. The van der Waals surface area contributed by atoms with Crippen LogP contribution < -0.4 is 0 Å². The molecule has 4 rings (SSSR count). The summed E-state index contributed by atoms with van der Waals surface area (Å²) in [7, 11) is 0. The number of hydrogen-bond donors (Lipinski definition) is 0. The fourth-order valence-electron chi connectivity index (χ4n) is 4.77. The molecule has 1 aromatic heterocycles. The first-order chi connectivity index (χ1) is 13.1. The molecule has 2 fully saturated rings. The van der Waals surface area contributed by atoms with E-state index < -0.39 is 0 Å². The molecule has 0 radical (unpaired) electrons. The molecule has 1 aromatic rings. The number of carbonyl (C=O) groups excluding carboxylic acids is 2. The van der Waals surface area contributed by atoms with Gasteiger partial charge in [-0.3, -0.25) is 9.59 Å². The second kappa shape index (κ2) is 7.95. The number of hydrogen-bond acceptors (Lipinski definition) is 4. The van der Waals surface area contributed by atoms with Gasteiger partial charge in [0, 0.05) is 63.6 Å². The first kappa shape index (κ1) is 18.4. The monoisotopic (exact) mass is 370 g/mol. The van der Waals surface area contributed by atoms with Crippen molar-refractivity contribution >= 4 is 11.8 Å². The molecule has 3 heterocycles. The molecule has 6 nitrogen and oxygen atoms in total. The van der Waals surface area contributed by atoms with Gasteiger partial charge in [-0.25, -0.2) is 9.97 Å². The summed E-state index contributed by atoms with van der Waals surface area (Å²) >= 11 is 0. The van der Waals surface area contributed by atoms with Crippen LogP contribution in [0.5, 0.6) is 0 Å². The lowest BCUT2D eigenvalue weighted by molar-refractivity contribution is -0.133. The molecule has 27 heavy (non-hydrogen) atoms. The highest BCUT2D eigenvalue weighted by Crippen LogP contribution is 2.31. The summed E-state index contributed by atoms with van der Waals surface area (Å²) in [5.41, 5.74) is 2.17. The Hall–Kier alpha value is -1.98. The molecule has 2 aliphatic heterocycles. The van der Waals surface area contributed by atoms with Crippen LogP contribution in [0.4, 0.5) is 0 Å². The molecule has 0 aromatic carbocycles. The topological polar surface area (TPSA) is 66.4 Å². The number of amides is 2. The van der Waals surface area contributed by atoms with E-state index in [4.69, 9.17) is 4.98 Å². The van der Waals surface area contributed by atoms with Gasteiger partial charge >= 0.3 is 0 Å². The second-order valence-corrected chi connectivity index (χ2v) is 8.40. The van der Waals surface area contributed by atoms with Crippen molar-refractivity contribution in [2.45, 2.75) is 70.8 Å². The Bertz CT molecular complexity index is 706. The molecule has 3 aliphatic rings. The number of piperidine rings is 1. The highest BCUT2D eigenvalue weighted by molar-refractivity contribution is 5.76. The third-order valence-corrected chi connectivity index (χ3v) is 6.55. The molecule has 0 bridgehead atoms. The minimum atomic E-state index is 0.111. The van der Waals surface area contributed by atoms with Crippen molar-refractivity contribution < 1.29 is 9.59 Å². The van der Waals surface area contributed by atoms with Gasteiger partial charge in [0.2, 0.25) is 11.8 Å². The lowest BCUT2D eigenvalue weighted by atomic mass is 9.94. The SMILES string of the molecule is CC(=O)N1CCc2nc(C3CCN(C(=O)CC4CCCC4)CC3)ncc2C1. The predicted molar refractivity (Wildman–Crippen MR) is 102 cm³/mol. The quantitative estimate of drug-likeness (QED) is 0.820. The van der Waals surface area contributed by atoms with Crippen molar-refractivity contribution in [1.82, 2.24) is 19.8 Å². The molecule has 1 aliphatic carbocycles. The van der Waals surface area contributed by atoms with Gasteiger partial charge in [0.15, 0.2) is 0 Å². The van der Waals surface area contributed by atoms with Gasteiger partial charge in [-0.2, -0.15) is 0 Å². The number of likely N-dealkylation sites (tertiary alicyclic amines) is 1. The van der Waals surface area contributed by atoms with E-state index >= 15 is 0 Å². The van der Waals surface area contributed by atoms with Crippen molar-refractivity contribution in [3.05, 3.63) is 23.3 Å². The second-order valence-electron chi connectivity index (χ2n) is 8.40. The fourth-order valence-corrected chi connectivity index (χ4v) is 4.77. The summed E-state index contributed by atoms with van der Waals surface area (Å²) in [5.74, 6) is 2.34. The van der Waals surface area contributed by atoms with Crippen LogP contribution in [0.3, 0.4) is 0 Å². The lowest BCUT2D eigenvalue weighted by Gasteiger charge is -2.33. The van der Waals surface area contributed by atoms with Gasteiger partial charge in [-0.15, -0.1) is 0 Å². The van der Waals surface area contributed by atoms with Crippen molar-refractivity contribution in [2.24, 2.45) is 5.92 Å². The average Bonchev–Trinajstić information content (AvgIpc) is 3.20. The Labute approximate surface area is 161 Å². The zero-order chi connectivity index (χ0) is 18.8. The van der Waals surface area contributed by atoms with Gasteiger partial charge < -0.3 is 9.80 Å². The minimum absolute atomic E-state index is 0.111. The van der Waals surface area contributed by atoms with Gasteiger partial charge in [0.25, 0.3) is 0 Å². The number of nitrogens with zero attached hydrogens (tertiary/aromatic N) is 4. The first-order valence-electron chi connectivity index (χ1n) is 10.5. The van der Waals surface area contributed by atoms with Gasteiger partial charge in [0.1, 0.15) is 5.82 Å². The van der Waals surface area contributed by atoms with Crippen LogP contribution in [-0.2, 0) is 22.6 Å². The summed E-state index contributed by atoms with van der Waals surface area (Å²) < 4.78 is 0. The largest absolute Gasteiger partial charge is 0.343 e. The van der Waals surface area contributed by atoms with E-state index in [0.29, 0.717) is 24.3 Å². The van der Waals surface area contributed by atoms with Gasteiger partial charge in [-0.1, -0.05) is 12.8 Å². The highest BCUT2D eigenvalue weighted by Gasteiger charge is 2.28. The first-order valence-corrected chi connectivity index (χ1v) is 10.5. The number of rotatable bonds is 3. The zero-order valence-electron chi connectivity index (χ0n) is 16.3. The molecule has 0 N–H and O–H groups in total. The van der Waals surface area contributed by atoms with Crippen LogP contribution in [0.2, 0.25) is 0 Å². The van der Waals surface area contributed by atoms with Crippen LogP contribution in [0, 0.1) is 5.92 Å². The summed E-state index contributed by atoms with van der Waals surface area (Å²) in [4.78, 5) is 37.4. The highest BCUT2D eigenvalue weighted by atomic mass is 16.2. The van der Waals surface area contributed by atoms with Crippen LogP contribution >= 0.6 is 0 Å². The van der Waals surface area contributed by atoms with Crippen LogP contribution in [0.15, 0.2) is 6.20 Å². The normalized spacial score (nSPS) is 21.4. The van der Waals surface area contributed by atoms with E-state index in [1.807, 2.05) is 11.1 Å². The molecule has 1 saturated carbocycles. The van der Waals surface area contributed by atoms with Crippen LogP contribution in [0.1, 0.15) is 74.9 Å². The Balaban J connectivity index is 1.33. The maximum absolute atomic E-state index is 12.5. The van der Waals surface area contributed by atoms with Gasteiger partial charge in [0.05, 0.1) is 5.69 Å². The molecule has 1 saturated heterocycles. The van der Waals surface area contributed by atoms with E-state index in [1.54, 1.807) is 6.92 Å². The third-order valence-electron chi connectivity index (χ3n) is 6.55. The van der Waals surface area contributed by atoms with E-state index in [2.05, 4.69) is 9.88 Å². The zero-order valence-corrected chi connectivity index (χ0v) is 16.3. The third kappa shape index (κ3) is 4.14. The molecular weight excluding hydrogens is 340 g/mol. The standard InChI is InChI=1S/C21H30N4O2/c1-15(26)25-11-8-19-18(14-25)13-22-21(23-19)17-6-9-24(10-7-17)20(27)12-16-4-2-3-5-16/h13,16-17H,2-12,14H2,1H3. The molecule has 2 amide bonds.